The second kappa shape index (κ2) is 25.2. The Morgan fingerprint density at radius 2 is 1.54 bits per heavy atom. The van der Waals surface area contributed by atoms with Gasteiger partial charge in [-0.15, -0.1) is 0 Å². The molecule has 0 aliphatic carbocycles. The van der Waals surface area contributed by atoms with Crippen LogP contribution in [0, 0.1) is 23.7 Å². The van der Waals surface area contributed by atoms with Gasteiger partial charge < -0.3 is 69.5 Å². The van der Waals surface area contributed by atoms with Crippen LogP contribution in [-0.2, 0) is 47.5 Å². The number of carbonyl (C=O) groups is 3. The monoisotopic (exact) mass is 984 g/mol. The van der Waals surface area contributed by atoms with E-state index in [0.29, 0.717) is 6.42 Å². The third kappa shape index (κ3) is 14.9. The molecule has 0 spiro atoms. The Hall–Kier alpha value is -3.25. The zero-order valence-corrected chi connectivity index (χ0v) is 43.4. The second-order valence-corrected chi connectivity index (χ2v) is 20.1. The summed E-state index contributed by atoms with van der Waals surface area (Å²) in [4.78, 5) is 40.8. The molecule has 20 heteroatoms. The highest BCUT2D eigenvalue weighted by molar-refractivity contribution is 7.80. The number of benzene rings is 1. The lowest BCUT2D eigenvalue weighted by Gasteiger charge is -2.50. The van der Waals surface area contributed by atoms with Crippen molar-refractivity contribution < 1.29 is 68.0 Å². The third-order valence-corrected chi connectivity index (χ3v) is 14.0. The molecular formula is C48H81N5O14S. The highest BCUT2D eigenvalue weighted by Gasteiger charge is 2.54. The summed E-state index contributed by atoms with van der Waals surface area (Å²) in [5.41, 5.74) is 5.02. The van der Waals surface area contributed by atoms with E-state index in [1.54, 1.807) is 66.8 Å². The van der Waals surface area contributed by atoms with E-state index in [1.165, 1.54) is 28.1 Å². The van der Waals surface area contributed by atoms with Crippen molar-refractivity contribution in [3.05, 3.63) is 29.8 Å². The number of nitrogens with two attached hydrogens (primary N) is 1. The van der Waals surface area contributed by atoms with Crippen LogP contribution in [0.4, 0.5) is 5.69 Å². The van der Waals surface area contributed by atoms with E-state index in [9.17, 15) is 34.8 Å². The summed E-state index contributed by atoms with van der Waals surface area (Å²) in [6.07, 6.45) is -7.15. The lowest BCUT2D eigenvalue weighted by atomic mass is 9.74. The van der Waals surface area contributed by atoms with Gasteiger partial charge in [0.25, 0.3) is 0 Å². The number of nitrogens with one attached hydrogen (secondary N) is 2. The molecule has 3 aliphatic heterocycles. The molecular weight excluding hydrogens is 903 g/mol. The number of Topliss-reactive ketones (excluding diaryl/α,β-unsaturated/α-hetero) is 1. The molecule has 4 rings (SSSR count). The summed E-state index contributed by atoms with van der Waals surface area (Å²) in [5, 5.41) is 52.1. The van der Waals surface area contributed by atoms with Crippen molar-refractivity contribution in [2.45, 2.75) is 186 Å². The van der Waals surface area contributed by atoms with E-state index >= 15 is 0 Å². The van der Waals surface area contributed by atoms with Crippen molar-refractivity contribution >= 4 is 46.9 Å². The number of carbonyl (C=O) groups excluding carboxylic acids is 3. The van der Waals surface area contributed by atoms with Crippen LogP contribution in [0.3, 0.4) is 0 Å². The number of aliphatic hydroxyl groups is 4. The summed E-state index contributed by atoms with van der Waals surface area (Å²) in [5.74, 6) is -4.57. The standard InChI is InChI=1S/C38H69NO13.C10H12N4OS/c1-15-26-38(10,45)31(42)21(4)28(40)19(2)17-37(9,47-14)33(52-35-29(41)25(39(11)12)16-20(3)48-35)22(5)30(23(6)34(44)50-26)51-27-18-36(8,46-13)32(43)24(7)49-27;1-7(15)13-9-4-2-8(3-5-9)6-12-14-10(11)16/h19-27,29-33,35,41-43,45H,15-18H2,1-14H3;2-6H,1H3,(H,13,15)(H3,11,14,16)/b;12-6+/t19-,20?,21+,22+,23-,24?,25?,26-,27?,29?,30+,31-,32?,33-,35?,36?,37-,38-;/m1./s1. The molecule has 388 valence electrons. The third-order valence-electron chi connectivity index (χ3n) is 13.9. The molecule has 1 aromatic rings. The van der Waals surface area contributed by atoms with Crippen molar-refractivity contribution in [2.24, 2.45) is 34.5 Å². The summed E-state index contributed by atoms with van der Waals surface area (Å²) < 4.78 is 43.9. The van der Waals surface area contributed by atoms with Crippen LogP contribution in [0.2, 0.25) is 0 Å². The zero-order chi connectivity index (χ0) is 51.6. The topological polar surface area (TPSA) is 262 Å². The molecule has 3 saturated heterocycles. The van der Waals surface area contributed by atoms with Gasteiger partial charge in [0.15, 0.2) is 17.7 Å². The van der Waals surface area contributed by atoms with E-state index in [1.807, 2.05) is 45.0 Å². The molecule has 68 heavy (non-hydrogen) atoms. The van der Waals surface area contributed by atoms with Crippen LogP contribution < -0.4 is 16.5 Å². The van der Waals surface area contributed by atoms with Crippen LogP contribution in [0.15, 0.2) is 29.4 Å². The van der Waals surface area contributed by atoms with Gasteiger partial charge in [-0.3, -0.25) is 19.8 Å². The van der Waals surface area contributed by atoms with E-state index in [2.05, 4.69) is 28.1 Å². The predicted octanol–water partition coefficient (Wildman–Crippen LogP) is 3.25. The number of anilines is 1. The molecule has 0 saturated carbocycles. The number of methoxy groups -OCH3 is 2. The van der Waals surface area contributed by atoms with Crippen LogP contribution in [0.25, 0.3) is 0 Å². The first-order chi connectivity index (χ1) is 31.6. The molecule has 1 aromatic carbocycles. The van der Waals surface area contributed by atoms with Gasteiger partial charge in [-0.1, -0.05) is 39.8 Å². The van der Waals surface area contributed by atoms with Gasteiger partial charge in [0.1, 0.15) is 29.7 Å². The van der Waals surface area contributed by atoms with Crippen molar-refractivity contribution in [3.63, 3.8) is 0 Å². The summed E-state index contributed by atoms with van der Waals surface area (Å²) in [7, 11) is 6.77. The molecule has 3 aliphatic rings. The minimum absolute atomic E-state index is 0.100. The van der Waals surface area contributed by atoms with Gasteiger partial charge in [0, 0.05) is 57.0 Å². The number of cyclic esters (lactones) is 1. The number of ketones is 1. The van der Waals surface area contributed by atoms with E-state index in [0.717, 1.165) is 11.3 Å². The fourth-order valence-electron chi connectivity index (χ4n) is 9.61. The first kappa shape index (κ1) is 59.1. The second-order valence-electron chi connectivity index (χ2n) is 19.7. The number of hydrogen-bond donors (Lipinski definition) is 7. The minimum Gasteiger partial charge on any atom is -0.459 e. The molecule has 3 heterocycles. The predicted molar refractivity (Wildman–Crippen MR) is 259 cm³/mol. The lowest BCUT2D eigenvalue weighted by Crippen LogP contribution is -2.61. The zero-order valence-electron chi connectivity index (χ0n) is 42.6. The van der Waals surface area contributed by atoms with Crippen LogP contribution in [0.1, 0.15) is 107 Å². The molecule has 1 amide bonds. The maximum atomic E-state index is 14.2. The Balaban J connectivity index is 0.000000644. The normalized spacial score (nSPS) is 39.9. The van der Waals surface area contributed by atoms with Crippen molar-refractivity contribution in [3.8, 4) is 0 Å². The van der Waals surface area contributed by atoms with Gasteiger partial charge in [0.2, 0.25) is 5.91 Å². The average molecular weight is 984 g/mol. The van der Waals surface area contributed by atoms with Gasteiger partial charge in [0.05, 0.1) is 53.9 Å². The number of rotatable bonds is 11. The number of thiocarbonyl (C=S) groups is 1. The quantitative estimate of drug-likeness (QED) is 0.0726. The molecule has 18 atom stereocenters. The fraction of sp³-hybridized carbons (Fsp3) is 0.771. The van der Waals surface area contributed by atoms with Gasteiger partial charge in [-0.05, 0) is 105 Å². The summed E-state index contributed by atoms with van der Waals surface area (Å²) in [6.45, 7) is 18.5. The molecule has 8 N–H and O–H groups in total. The molecule has 8 unspecified atom stereocenters. The summed E-state index contributed by atoms with van der Waals surface area (Å²) >= 11 is 4.58. The fourth-order valence-corrected chi connectivity index (χ4v) is 9.66. The average Bonchev–Trinajstić information content (AvgIpc) is 3.27. The smallest absolute Gasteiger partial charge is 0.311 e. The Morgan fingerprint density at radius 3 is 2.07 bits per heavy atom. The van der Waals surface area contributed by atoms with Crippen LogP contribution in [0.5, 0.6) is 0 Å². The number of nitrogens with zero attached hydrogens (tertiary/aromatic N) is 2. The SMILES string of the molecule is CC(=O)Nc1ccc(/C=N/NC(N)=S)cc1.CC[C@H]1OC(=O)[C@H](C)[C@@H](OC2CC(C)(OC)C(O)C(C)O2)[C@H](C)[C@@H](OC2OC(C)CC(N(C)C)C2O)[C@](C)(OC)C[C@@H](C)C(=O)[C@H](C)[C@@H](O)[C@]1(C)O. The first-order valence-corrected chi connectivity index (χ1v) is 23.8. The number of esters is 1. The van der Waals surface area contributed by atoms with Crippen molar-refractivity contribution in [1.82, 2.24) is 10.3 Å². The largest absolute Gasteiger partial charge is 0.459 e. The van der Waals surface area contributed by atoms with Gasteiger partial charge in [-0.2, -0.15) is 5.10 Å². The highest BCUT2D eigenvalue weighted by atomic mass is 32.1. The number of likely N-dealkylation sites (N-methyl/N-ethyl adjacent to an activating group) is 1. The Labute approximate surface area is 408 Å². The molecule has 0 aromatic heterocycles. The van der Waals surface area contributed by atoms with E-state index < -0.39 is 102 Å². The molecule has 0 radical (unpaired) electrons. The maximum absolute atomic E-state index is 14.2. The number of aliphatic hydroxyl groups excluding tert-OH is 3. The Kier molecular flexibility index (Phi) is 21.9. The Morgan fingerprint density at radius 1 is 0.941 bits per heavy atom. The van der Waals surface area contributed by atoms with Crippen LogP contribution >= 0.6 is 12.2 Å². The number of amides is 1. The number of ether oxygens (including phenoxy) is 7. The molecule has 0 bridgehead atoms. The van der Waals surface area contributed by atoms with Crippen molar-refractivity contribution in [1.29, 1.82) is 0 Å². The Bertz CT molecular complexity index is 1840. The number of hydrazone groups is 1. The summed E-state index contributed by atoms with van der Waals surface area (Å²) in [6, 6.07) is 6.91. The molecule has 19 nitrogen and oxygen atoms in total. The van der Waals surface area contributed by atoms with E-state index in [4.69, 9.17) is 38.9 Å². The highest BCUT2D eigenvalue weighted by Crippen LogP contribution is 2.42. The van der Waals surface area contributed by atoms with Crippen LogP contribution in [-0.4, -0.2) is 167 Å². The minimum atomic E-state index is -1.96. The lowest BCUT2D eigenvalue weighted by molar-refractivity contribution is -0.319. The first-order valence-electron chi connectivity index (χ1n) is 23.4. The van der Waals surface area contributed by atoms with Gasteiger partial charge >= 0.3 is 5.97 Å². The molecule has 3 fully saturated rings. The van der Waals surface area contributed by atoms with Crippen molar-refractivity contribution in [2.75, 3.05) is 33.6 Å². The maximum Gasteiger partial charge on any atom is 0.311 e. The number of hydrogen-bond acceptors (Lipinski definition) is 17. The van der Waals surface area contributed by atoms with E-state index in [-0.39, 0.29) is 48.2 Å². The van der Waals surface area contributed by atoms with Gasteiger partial charge in [-0.25, -0.2) is 0 Å².